The molecule has 5 heteroatoms. The average Bonchev–Trinajstić information content (AvgIpc) is 2.37. The van der Waals surface area contributed by atoms with Crippen LogP contribution in [0.1, 0.15) is 30.1 Å². The zero-order valence-corrected chi connectivity index (χ0v) is 10.5. The summed E-state index contributed by atoms with van der Waals surface area (Å²) in [4.78, 5) is 23.4. The average molecular weight is 249 g/mol. The molecule has 0 aromatic heterocycles. The molecule has 0 aliphatic carbocycles. The Labute approximate surface area is 107 Å². The molecule has 0 unspecified atom stereocenters. The first-order valence-corrected chi connectivity index (χ1v) is 6.06. The topological polar surface area (TPSA) is 84.2 Å². The lowest BCUT2D eigenvalue weighted by Crippen LogP contribution is -2.24. The molecule has 0 saturated carbocycles. The van der Waals surface area contributed by atoms with E-state index >= 15 is 0 Å². The first kappa shape index (κ1) is 14.2. The molecule has 1 rings (SSSR count). The first-order valence-electron chi connectivity index (χ1n) is 6.06. The van der Waals surface area contributed by atoms with E-state index < -0.39 is 0 Å². The Hall–Kier alpha value is -1.88. The Kier molecular flexibility index (Phi) is 5.87. The van der Waals surface area contributed by atoms with Crippen molar-refractivity contribution in [2.75, 3.05) is 18.4 Å². The van der Waals surface area contributed by atoms with Crippen LogP contribution in [0.15, 0.2) is 24.3 Å². The maximum absolute atomic E-state index is 11.8. The molecule has 18 heavy (non-hydrogen) atoms. The van der Waals surface area contributed by atoms with E-state index in [0.717, 1.165) is 0 Å². The molecule has 0 spiro atoms. The highest BCUT2D eigenvalue weighted by molar-refractivity contribution is 6.03. The van der Waals surface area contributed by atoms with E-state index in [1.54, 1.807) is 24.3 Å². The second kappa shape index (κ2) is 7.45. The molecule has 0 atom stereocenters. The highest BCUT2D eigenvalue weighted by atomic mass is 16.2. The van der Waals surface area contributed by atoms with Crippen LogP contribution in [0, 0.1) is 0 Å². The Morgan fingerprint density at radius 1 is 1.28 bits per heavy atom. The van der Waals surface area contributed by atoms with Gasteiger partial charge in [-0.05, 0) is 32.0 Å². The largest absolute Gasteiger partial charge is 0.352 e. The van der Waals surface area contributed by atoms with E-state index in [1.165, 1.54) is 0 Å². The summed E-state index contributed by atoms with van der Waals surface area (Å²) in [6.07, 6.45) is 0.995. The Morgan fingerprint density at radius 2 is 2.00 bits per heavy atom. The van der Waals surface area contributed by atoms with Gasteiger partial charge in [0.1, 0.15) is 0 Å². The number of hydrogen-bond acceptors (Lipinski definition) is 3. The third-order valence-corrected chi connectivity index (χ3v) is 2.39. The van der Waals surface area contributed by atoms with Crippen molar-refractivity contribution in [3.05, 3.63) is 29.8 Å². The van der Waals surface area contributed by atoms with Crippen LogP contribution in [0.25, 0.3) is 0 Å². The van der Waals surface area contributed by atoms with E-state index in [-0.39, 0.29) is 11.8 Å². The van der Waals surface area contributed by atoms with Gasteiger partial charge in [-0.15, -0.1) is 0 Å². The number of anilines is 1. The summed E-state index contributed by atoms with van der Waals surface area (Å²) in [5, 5.41) is 5.44. The lowest BCUT2D eigenvalue weighted by molar-refractivity contribution is -0.116. The standard InChI is InChI=1S/C13H19N3O2/c1-2-15-13(18)10-6-3-4-7-11(10)16-12(17)8-5-9-14/h3-4,6-7H,2,5,8-9,14H2,1H3,(H,15,18)(H,16,17). The molecule has 98 valence electrons. The third kappa shape index (κ3) is 4.18. The molecule has 0 aliphatic heterocycles. The Bertz CT molecular complexity index is 418. The molecule has 4 N–H and O–H groups in total. The molecule has 0 radical (unpaired) electrons. The summed E-state index contributed by atoms with van der Waals surface area (Å²) in [5.41, 5.74) is 6.35. The van der Waals surface area contributed by atoms with Crippen LogP contribution in [-0.4, -0.2) is 24.9 Å². The van der Waals surface area contributed by atoms with Gasteiger partial charge in [0.2, 0.25) is 5.91 Å². The van der Waals surface area contributed by atoms with Gasteiger partial charge in [0, 0.05) is 13.0 Å². The molecule has 0 bridgehead atoms. The zero-order chi connectivity index (χ0) is 13.4. The van der Waals surface area contributed by atoms with Crippen molar-refractivity contribution in [2.45, 2.75) is 19.8 Å². The van der Waals surface area contributed by atoms with Crippen LogP contribution >= 0.6 is 0 Å². The highest BCUT2D eigenvalue weighted by Gasteiger charge is 2.11. The van der Waals surface area contributed by atoms with Gasteiger partial charge >= 0.3 is 0 Å². The molecule has 0 fully saturated rings. The summed E-state index contributed by atoms with van der Waals surface area (Å²) in [5.74, 6) is -0.315. The fraction of sp³-hybridized carbons (Fsp3) is 0.385. The van der Waals surface area contributed by atoms with E-state index in [2.05, 4.69) is 10.6 Å². The summed E-state index contributed by atoms with van der Waals surface area (Å²) < 4.78 is 0. The fourth-order valence-corrected chi connectivity index (χ4v) is 1.52. The van der Waals surface area contributed by atoms with Gasteiger partial charge in [0.25, 0.3) is 5.91 Å². The molecule has 0 saturated heterocycles. The van der Waals surface area contributed by atoms with Crippen molar-refractivity contribution in [2.24, 2.45) is 5.73 Å². The summed E-state index contributed by atoms with van der Waals surface area (Å²) in [6.45, 7) is 2.88. The van der Waals surface area contributed by atoms with Gasteiger partial charge in [-0.3, -0.25) is 9.59 Å². The van der Waals surface area contributed by atoms with Crippen molar-refractivity contribution >= 4 is 17.5 Å². The van der Waals surface area contributed by atoms with Crippen LogP contribution in [0.3, 0.4) is 0 Å². The van der Waals surface area contributed by atoms with E-state index in [1.807, 2.05) is 6.92 Å². The maximum atomic E-state index is 11.8. The van der Waals surface area contributed by atoms with Crippen molar-refractivity contribution in [1.29, 1.82) is 0 Å². The minimum atomic E-state index is -0.188. The number of benzene rings is 1. The SMILES string of the molecule is CCNC(=O)c1ccccc1NC(=O)CCCN. The third-order valence-electron chi connectivity index (χ3n) is 2.39. The van der Waals surface area contributed by atoms with Gasteiger partial charge < -0.3 is 16.4 Å². The van der Waals surface area contributed by atoms with Gasteiger partial charge in [0.05, 0.1) is 11.3 Å². The number of amides is 2. The number of hydrogen-bond donors (Lipinski definition) is 3. The molecule has 1 aromatic rings. The molecule has 2 amide bonds. The van der Waals surface area contributed by atoms with Crippen LogP contribution < -0.4 is 16.4 Å². The normalized spacial score (nSPS) is 9.89. The number of carbonyl (C=O) groups excluding carboxylic acids is 2. The van der Waals surface area contributed by atoms with Crippen molar-refractivity contribution in [1.82, 2.24) is 5.32 Å². The monoisotopic (exact) mass is 249 g/mol. The predicted molar refractivity (Wildman–Crippen MR) is 71.4 cm³/mol. The lowest BCUT2D eigenvalue weighted by Gasteiger charge is -2.10. The van der Waals surface area contributed by atoms with E-state index in [0.29, 0.717) is 37.2 Å². The maximum Gasteiger partial charge on any atom is 0.253 e. The second-order valence-corrected chi connectivity index (χ2v) is 3.85. The number of nitrogens with two attached hydrogens (primary N) is 1. The summed E-state index contributed by atoms with van der Waals surface area (Å²) in [6, 6.07) is 6.94. The van der Waals surface area contributed by atoms with Gasteiger partial charge in [-0.25, -0.2) is 0 Å². The molecule has 0 aliphatic rings. The summed E-state index contributed by atoms with van der Waals surface area (Å²) in [7, 11) is 0. The van der Waals surface area contributed by atoms with Crippen LogP contribution in [-0.2, 0) is 4.79 Å². The quantitative estimate of drug-likeness (QED) is 0.706. The smallest absolute Gasteiger partial charge is 0.253 e. The van der Waals surface area contributed by atoms with Crippen molar-refractivity contribution in [3.63, 3.8) is 0 Å². The van der Waals surface area contributed by atoms with Gasteiger partial charge in [0.15, 0.2) is 0 Å². The zero-order valence-electron chi connectivity index (χ0n) is 10.5. The Balaban J connectivity index is 2.76. The van der Waals surface area contributed by atoms with Crippen molar-refractivity contribution < 1.29 is 9.59 Å². The second-order valence-electron chi connectivity index (χ2n) is 3.85. The van der Waals surface area contributed by atoms with Crippen LogP contribution in [0.4, 0.5) is 5.69 Å². The van der Waals surface area contributed by atoms with Gasteiger partial charge in [-0.2, -0.15) is 0 Å². The highest BCUT2D eigenvalue weighted by Crippen LogP contribution is 2.15. The molecular formula is C13H19N3O2. The van der Waals surface area contributed by atoms with E-state index in [9.17, 15) is 9.59 Å². The molecule has 5 nitrogen and oxygen atoms in total. The first-order chi connectivity index (χ1) is 8.69. The number of para-hydroxylation sites is 1. The van der Waals surface area contributed by atoms with E-state index in [4.69, 9.17) is 5.73 Å². The minimum Gasteiger partial charge on any atom is -0.352 e. The summed E-state index contributed by atoms with van der Waals surface area (Å²) >= 11 is 0. The van der Waals surface area contributed by atoms with Crippen LogP contribution in [0.2, 0.25) is 0 Å². The predicted octanol–water partition coefficient (Wildman–Crippen LogP) is 1.11. The lowest BCUT2D eigenvalue weighted by atomic mass is 10.1. The molecule has 1 aromatic carbocycles. The minimum absolute atomic E-state index is 0.128. The number of rotatable bonds is 6. The molecule has 0 heterocycles. The van der Waals surface area contributed by atoms with Crippen LogP contribution in [0.5, 0.6) is 0 Å². The number of carbonyl (C=O) groups is 2. The number of nitrogens with one attached hydrogen (secondary N) is 2. The van der Waals surface area contributed by atoms with Crippen molar-refractivity contribution in [3.8, 4) is 0 Å². The fourth-order valence-electron chi connectivity index (χ4n) is 1.52. The van der Waals surface area contributed by atoms with Gasteiger partial charge in [-0.1, -0.05) is 12.1 Å². The Morgan fingerprint density at radius 3 is 2.67 bits per heavy atom. The molecular weight excluding hydrogens is 230 g/mol.